The number of fused-ring (bicyclic) bond motifs is 1. The van der Waals surface area contributed by atoms with Crippen LogP contribution in [0.3, 0.4) is 0 Å². The lowest BCUT2D eigenvalue weighted by molar-refractivity contribution is -0.136. The molecule has 0 bridgehead atoms. The molecule has 2 heterocycles. The van der Waals surface area contributed by atoms with E-state index in [-0.39, 0.29) is 37.1 Å². The molecule has 1 atom stereocenters. The third-order valence-electron chi connectivity index (χ3n) is 5.31. The summed E-state index contributed by atoms with van der Waals surface area (Å²) in [5.74, 6) is -1.28. The van der Waals surface area contributed by atoms with Crippen molar-refractivity contribution >= 4 is 23.4 Å². The molecule has 2 N–H and O–H groups in total. The van der Waals surface area contributed by atoms with Gasteiger partial charge in [0, 0.05) is 41.9 Å². The number of carbonyl (C=O) groups is 3. The number of halogens is 1. The maximum absolute atomic E-state index is 14.4. The minimum absolute atomic E-state index is 0.168. The molecule has 0 aromatic heterocycles. The molecule has 2 aromatic carbocycles. The fourth-order valence-corrected chi connectivity index (χ4v) is 3.79. The van der Waals surface area contributed by atoms with Crippen LogP contribution in [0.2, 0.25) is 0 Å². The molecule has 0 unspecified atom stereocenters. The largest absolute Gasteiger partial charge is 0.494 e. The van der Waals surface area contributed by atoms with E-state index in [0.29, 0.717) is 23.2 Å². The van der Waals surface area contributed by atoms with E-state index in [1.165, 1.54) is 12.0 Å². The van der Waals surface area contributed by atoms with E-state index in [0.717, 1.165) is 5.56 Å². The minimum atomic E-state index is -0.670. The molecule has 1 fully saturated rings. The fourth-order valence-electron chi connectivity index (χ4n) is 3.79. The van der Waals surface area contributed by atoms with Gasteiger partial charge in [-0.2, -0.15) is 0 Å². The summed E-state index contributed by atoms with van der Waals surface area (Å²) in [5, 5.41) is 5.48. The molecule has 4 rings (SSSR count). The Morgan fingerprint density at radius 1 is 1.21 bits per heavy atom. The van der Waals surface area contributed by atoms with Gasteiger partial charge < -0.3 is 15.0 Å². The first-order valence-corrected chi connectivity index (χ1v) is 9.31. The van der Waals surface area contributed by atoms with Gasteiger partial charge in [-0.25, -0.2) is 4.39 Å². The molecule has 7 nitrogen and oxygen atoms in total. The summed E-state index contributed by atoms with van der Waals surface area (Å²) in [6.07, 6.45) is 0.513. The summed E-state index contributed by atoms with van der Waals surface area (Å²) in [6, 6.07) is 9.53. The molecule has 1 saturated heterocycles. The van der Waals surface area contributed by atoms with Crippen LogP contribution in [0.5, 0.6) is 5.75 Å². The average molecular weight is 397 g/mol. The smallest absolute Gasteiger partial charge is 0.255 e. The van der Waals surface area contributed by atoms with E-state index < -0.39 is 17.8 Å². The van der Waals surface area contributed by atoms with Gasteiger partial charge in [-0.15, -0.1) is 0 Å². The van der Waals surface area contributed by atoms with Crippen LogP contribution in [0.15, 0.2) is 36.4 Å². The minimum Gasteiger partial charge on any atom is -0.494 e. The topological polar surface area (TPSA) is 87.7 Å². The van der Waals surface area contributed by atoms with Crippen LogP contribution >= 0.6 is 0 Å². The number of nitrogens with zero attached hydrogens (tertiary/aromatic N) is 1. The highest BCUT2D eigenvalue weighted by Gasteiger charge is 2.39. The van der Waals surface area contributed by atoms with Crippen LogP contribution < -0.4 is 15.4 Å². The summed E-state index contributed by atoms with van der Waals surface area (Å²) in [4.78, 5) is 37.9. The third-order valence-corrected chi connectivity index (χ3v) is 5.31. The standard InChI is InChI=1S/C21H20FN3O4/c1-29-17-7-2-4-12(19(17)22)10-23-15-6-3-5-13-14(15)11-25(21(13)28)16-8-9-18(26)24-20(16)27/h2-7,16,23H,8-11H2,1H3,(H,24,26,27)/t16-/m0/s1. The number of hydrogen-bond acceptors (Lipinski definition) is 5. The molecule has 29 heavy (non-hydrogen) atoms. The van der Waals surface area contributed by atoms with Gasteiger partial charge in [-0.05, 0) is 24.6 Å². The number of ether oxygens (including phenoxy) is 1. The Labute approximate surface area is 166 Å². The fraction of sp³-hybridized carbons (Fsp3) is 0.286. The van der Waals surface area contributed by atoms with Crippen molar-refractivity contribution in [2.45, 2.75) is 32.0 Å². The van der Waals surface area contributed by atoms with Crippen LogP contribution in [0.1, 0.15) is 34.3 Å². The number of nitrogens with one attached hydrogen (secondary N) is 2. The van der Waals surface area contributed by atoms with E-state index in [9.17, 15) is 18.8 Å². The van der Waals surface area contributed by atoms with Crippen molar-refractivity contribution in [1.29, 1.82) is 0 Å². The van der Waals surface area contributed by atoms with E-state index in [4.69, 9.17) is 4.74 Å². The number of amides is 3. The molecule has 0 radical (unpaired) electrons. The SMILES string of the molecule is COc1cccc(CNc2cccc3c2CN([C@H]2CCC(=O)NC2=O)C3=O)c1F. The Bertz CT molecular complexity index is 1010. The normalized spacial score (nSPS) is 18.5. The number of benzene rings is 2. The molecular weight excluding hydrogens is 377 g/mol. The van der Waals surface area contributed by atoms with Crippen molar-refractivity contribution in [2.75, 3.05) is 12.4 Å². The lowest BCUT2D eigenvalue weighted by Gasteiger charge is -2.29. The molecule has 2 aliphatic rings. The van der Waals surface area contributed by atoms with Crippen molar-refractivity contribution in [2.24, 2.45) is 0 Å². The second-order valence-corrected chi connectivity index (χ2v) is 7.02. The maximum atomic E-state index is 14.4. The first-order chi connectivity index (χ1) is 14.0. The molecule has 3 amide bonds. The quantitative estimate of drug-likeness (QED) is 0.756. The van der Waals surface area contributed by atoms with E-state index in [1.807, 2.05) is 6.07 Å². The Morgan fingerprint density at radius 2 is 2.00 bits per heavy atom. The number of imide groups is 1. The molecule has 0 spiro atoms. The summed E-state index contributed by atoms with van der Waals surface area (Å²) < 4.78 is 19.4. The highest BCUT2D eigenvalue weighted by molar-refractivity contribution is 6.06. The third kappa shape index (κ3) is 3.41. The number of anilines is 1. The molecular formula is C21H20FN3O4. The van der Waals surface area contributed by atoms with Crippen molar-refractivity contribution in [1.82, 2.24) is 10.2 Å². The van der Waals surface area contributed by atoms with Crippen LogP contribution in [0.4, 0.5) is 10.1 Å². The zero-order valence-corrected chi connectivity index (χ0v) is 15.8. The zero-order valence-electron chi connectivity index (χ0n) is 15.8. The molecule has 2 aromatic rings. The summed E-state index contributed by atoms with van der Waals surface area (Å²) in [7, 11) is 1.41. The van der Waals surface area contributed by atoms with Crippen molar-refractivity contribution in [3.05, 3.63) is 58.9 Å². The number of methoxy groups -OCH3 is 1. The van der Waals surface area contributed by atoms with Gasteiger partial charge in [0.05, 0.1) is 7.11 Å². The van der Waals surface area contributed by atoms with Gasteiger partial charge in [0.1, 0.15) is 6.04 Å². The number of hydrogen-bond donors (Lipinski definition) is 2. The molecule has 8 heteroatoms. The first-order valence-electron chi connectivity index (χ1n) is 9.31. The van der Waals surface area contributed by atoms with Crippen LogP contribution in [-0.2, 0) is 22.7 Å². The van der Waals surface area contributed by atoms with Crippen molar-refractivity contribution in [3.63, 3.8) is 0 Å². The zero-order chi connectivity index (χ0) is 20.5. The summed E-state index contributed by atoms with van der Waals surface area (Å²) in [5.41, 5.74) is 2.40. The Hall–Kier alpha value is -3.42. The van der Waals surface area contributed by atoms with Crippen molar-refractivity contribution < 1.29 is 23.5 Å². The van der Waals surface area contributed by atoms with Crippen LogP contribution in [0.25, 0.3) is 0 Å². The number of piperidine rings is 1. The number of carbonyl (C=O) groups excluding carboxylic acids is 3. The van der Waals surface area contributed by atoms with E-state index >= 15 is 0 Å². The first kappa shape index (κ1) is 18.9. The van der Waals surface area contributed by atoms with Gasteiger partial charge in [0.25, 0.3) is 5.91 Å². The van der Waals surface area contributed by atoms with Gasteiger partial charge in [-0.3, -0.25) is 19.7 Å². The average Bonchev–Trinajstić information content (AvgIpc) is 3.04. The van der Waals surface area contributed by atoms with E-state index in [1.54, 1.807) is 30.3 Å². The van der Waals surface area contributed by atoms with Gasteiger partial charge >= 0.3 is 0 Å². The van der Waals surface area contributed by atoms with E-state index in [2.05, 4.69) is 10.6 Å². The van der Waals surface area contributed by atoms with Gasteiger partial charge in [0.2, 0.25) is 11.8 Å². The molecule has 2 aliphatic heterocycles. The van der Waals surface area contributed by atoms with Gasteiger partial charge in [0.15, 0.2) is 11.6 Å². The second-order valence-electron chi connectivity index (χ2n) is 7.02. The highest BCUT2D eigenvalue weighted by atomic mass is 19.1. The molecule has 150 valence electrons. The lowest BCUT2D eigenvalue weighted by atomic mass is 10.0. The van der Waals surface area contributed by atoms with Crippen molar-refractivity contribution in [3.8, 4) is 5.75 Å². The lowest BCUT2D eigenvalue weighted by Crippen LogP contribution is -2.52. The molecule has 0 saturated carbocycles. The maximum Gasteiger partial charge on any atom is 0.255 e. The Balaban J connectivity index is 1.54. The Morgan fingerprint density at radius 3 is 2.76 bits per heavy atom. The predicted molar refractivity (Wildman–Crippen MR) is 103 cm³/mol. The van der Waals surface area contributed by atoms with Crippen LogP contribution in [0, 0.1) is 5.82 Å². The predicted octanol–water partition coefficient (Wildman–Crippen LogP) is 2.21. The highest BCUT2D eigenvalue weighted by Crippen LogP contribution is 2.32. The number of rotatable bonds is 5. The van der Waals surface area contributed by atoms with Gasteiger partial charge in [-0.1, -0.05) is 18.2 Å². The summed E-state index contributed by atoms with van der Waals surface area (Å²) in [6.45, 7) is 0.469. The Kier molecular flexibility index (Phi) is 4.92. The summed E-state index contributed by atoms with van der Waals surface area (Å²) >= 11 is 0. The van der Waals surface area contributed by atoms with Crippen LogP contribution in [-0.4, -0.2) is 35.8 Å². The molecule has 0 aliphatic carbocycles. The second kappa shape index (κ2) is 7.54. The monoisotopic (exact) mass is 397 g/mol.